The van der Waals surface area contributed by atoms with Crippen LogP contribution in [-0.2, 0) is 0 Å². The number of nitrogens with zero attached hydrogens (tertiary/aromatic N) is 2. The summed E-state index contributed by atoms with van der Waals surface area (Å²) in [5.74, 6) is 1.71. The fourth-order valence-corrected chi connectivity index (χ4v) is 1.66. The number of rotatable bonds is 3. The van der Waals surface area contributed by atoms with Gasteiger partial charge in [-0.05, 0) is 36.1 Å². The molecule has 2 rings (SSSR count). The van der Waals surface area contributed by atoms with E-state index in [1.165, 1.54) is 5.56 Å². The minimum Gasteiger partial charge on any atom is -0.437 e. The topological polar surface area (TPSA) is 35.0 Å². The first-order valence-corrected chi connectivity index (χ1v) is 6.21. The van der Waals surface area contributed by atoms with Gasteiger partial charge in [-0.2, -0.15) is 0 Å². The molecule has 2 aromatic rings. The van der Waals surface area contributed by atoms with Gasteiger partial charge in [0.1, 0.15) is 5.75 Å². The molecule has 1 heterocycles. The molecular formula is C14H15ClN2O. The van der Waals surface area contributed by atoms with Gasteiger partial charge in [-0.25, -0.2) is 0 Å². The number of hydrogen-bond donors (Lipinski definition) is 0. The highest BCUT2D eigenvalue weighted by Crippen LogP contribution is 2.27. The Labute approximate surface area is 112 Å². The van der Waals surface area contributed by atoms with E-state index in [9.17, 15) is 0 Å². The van der Waals surface area contributed by atoms with Crippen LogP contribution in [0.25, 0.3) is 0 Å². The third-order valence-corrected chi connectivity index (χ3v) is 2.90. The summed E-state index contributed by atoms with van der Waals surface area (Å²) in [4.78, 5) is 0. The van der Waals surface area contributed by atoms with Crippen LogP contribution in [0.1, 0.15) is 30.9 Å². The van der Waals surface area contributed by atoms with Crippen molar-refractivity contribution < 1.29 is 4.74 Å². The number of benzene rings is 1. The maximum absolute atomic E-state index is 5.72. The van der Waals surface area contributed by atoms with Crippen molar-refractivity contribution in [1.29, 1.82) is 0 Å². The van der Waals surface area contributed by atoms with Crippen LogP contribution in [0.5, 0.6) is 11.6 Å². The van der Waals surface area contributed by atoms with Crippen LogP contribution < -0.4 is 4.74 Å². The monoisotopic (exact) mass is 262 g/mol. The predicted octanol–water partition coefficient (Wildman–Crippen LogP) is 4.35. The zero-order valence-corrected chi connectivity index (χ0v) is 11.4. The van der Waals surface area contributed by atoms with Crippen LogP contribution in [0.4, 0.5) is 0 Å². The molecule has 0 N–H and O–H groups in total. The van der Waals surface area contributed by atoms with E-state index >= 15 is 0 Å². The van der Waals surface area contributed by atoms with Crippen LogP contribution in [0.2, 0.25) is 5.15 Å². The molecule has 0 aliphatic carbocycles. The van der Waals surface area contributed by atoms with Gasteiger partial charge >= 0.3 is 0 Å². The summed E-state index contributed by atoms with van der Waals surface area (Å²) >= 11 is 5.68. The first-order chi connectivity index (χ1) is 8.56. The largest absolute Gasteiger partial charge is 0.437 e. The van der Waals surface area contributed by atoms with Gasteiger partial charge in [0.25, 0.3) is 0 Å². The van der Waals surface area contributed by atoms with E-state index in [-0.39, 0.29) is 0 Å². The van der Waals surface area contributed by atoms with Crippen molar-refractivity contribution in [2.24, 2.45) is 0 Å². The quantitative estimate of drug-likeness (QED) is 0.825. The van der Waals surface area contributed by atoms with E-state index in [1.54, 1.807) is 12.1 Å². The molecule has 94 valence electrons. The smallest absolute Gasteiger partial charge is 0.238 e. The van der Waals surface area contributed by atoms with E-state index in [1.807, 2.05) is 19.1 Å². The van der Waals surface area contributed by atoms with Crippen LogP contribution in [-0.4, -0.2) is 10.2 Å². The molecule has 1 aromatic heterocycles. The number of aryl methyl sites for hydroxylation is 1. The lowest BCUT2D eigenvalue weighted by molar-refractivity contribution is 0.451. The van der Waals surface area contributed by atoms with Crippen molar-refractivity contribution >= 4 is 11.6 Å². The van der Waals surface area contributed by atoms with Crippen LogP contribution in [0, 0.1) is 6.92 Å². The fraction of sp³-hybridized carbons (Fsp3) is 0.286. The predicted molar refractivity (Wildman–Crippen MR) is 72.4 cm³/mol. The van der Waals surface area contributed by atoms with Gasteiger partial charge in [0.05, 0.1) is 0 Å². The van der Waals surface area contributed by atoms with Crippen molar-refractivity contribution in [2.45, 2.75) is 26.7 Å². The standard InChI is InChI=1S/C14H15ClN2O/c1-9(2)11-5-4-10(3)12(8-11)18-14-7-6-13(15)16-17-14/h4-9H,1-3H3. The first-order valence-electron chi connectivity index (χ1n) is 5.84. The normalized spacial score (nSPS) is 10.7. The van der Waals surface area contributed by atoms with Gasteiger partial charge < -0.3 is 4.74 Å². The Hall–Kier alpha value is -1.61. The van der Waals surface area contributed by atoms with Crippen molar-refractivity contribution in [3.63, 3.8) is 0 Å². The summed E-state index contributed by atoms with van der Waals surface area (Å²) in [7, 11) is 0. The van der Waals surface area contributed by atoms with E-state index in [0.29, 0.717) is 17.0 Å². The second-order valence-corrected chi connectivity index (χ2v) is 4.86. The summed E-state index contributed by atoms with van der Waals surface area (Å²) in [5.41, 5.74) is 2.30. The minimum atomic E-state index is 0.356. The zero-order valence-electron chi connectivity index (χ0n) is 10.6. The van der Waals surface area contributed by atoms with E-state index in [2.05, 4.69) is 30.1 Å². The second kappa shape index (κ2) is 5.36. The van der Waals surface area contributed by atoms with Gasteiger partial charge in [-0.1, -0.05) is 37.6 Å². The molecule has 0 amide bonds. The molecule has 4 heteroatoms. The van der Waals surface area contributed by atoms with Gasteiger partial charge in [0.2, 0.25) is 5.88 Å². The van der Waals surface area contributed by atoms with Crippen molar-refractivity contribution in [2.75, 3.05) is 0 Å². The molecule has 0 saturated heterocycles. The Balaban J connectivity index is 2.27. The van der Waals surface area contributed by atoms with Gasteiger partial charge in [-0.3, -0.25) is 0 Å². The maximum atomic E-state index is 5.72. The molecule has 0 saturated carbocycles. The SMILES string of the molecule is Cc1ccc(C(C)C)cc1Oc1ccc(Cl)nn1. The summed E-state index contributed by atoms with van der Waals surface area (Å²) in [6.07, 6.45) is 0. The molecule has 1 aromatic carbocycles. The molecule has 0 aliphatic heterocycles. The lowest BCUT2D eigenvalue weighted by Crippen LogP contribution is -1.94. The van der Waals surface area contributed by atoms with Crippen molar-refractivity contribution in [3.05, 3.63) is 46.6 Å². The molecule has 0 aliphatic rings. The summed E-state index contributed by atoms with van der Waals surface area (Å²) in [6, 6.07) is 9.56. The van der Waals surface area contributed by atoms with Gasteiger partial charge in [0.15, 0.2) is 5.15 Å². The highest BCUT2D eigenvalue weighted by Gasteiger charge is 2.06. The lowest BCUT2D eigenvalue weighted by atomic mass is 10.0. The average Bonchev–Trinajstić information content (AvgIpc) is 2.34. The molecule has 0 bridgehead atoms. The minimum absolute atomic E-state index is 0.356. The third-order valence-electron chi connectivity index (χ3n) is 2.70. The molecular weight excluding hydrogens is 248 g/mol. The second-order valence-electron chi connectivity index (χ2n) is 4.48. The summed E-state index contributed by atoms with van der Waals surface area (Å²) in [6.45, 7) is 6.30. The Kier molecular flexibility index (Phi) is 3.82. The maximum Gasteiger partial charge on any atom is 0.238 e. The number of aromatic nitrogens is 2. The molecule has 18 heavy (non-hydrogen) atoms. The molecule has 0 atom stereocenters. The Morgan fingerprint density at radius 1 is 1.11 bits per heavy atom. The Morgan fingerprint density at radius 2 is 1.89 bits per heavy atom. The number of hydrogen-bond acceptors (Lipinski definition) is 3. The lowest BCUT2D eigenvalue weighted by Gasteiger charge is -2.11. The van der Waals surface area contributed by atoms with Gasteiger partial charge in [-0.15, -0.1) is 10.2 Å². The summed E-state index contributed by atoms with van der Waals surface area (Å²) < 4.78 is 5.72. The Bertz CT molecular complexity index is 538. The highest BCUT2D eigenvalue weighted by atomic mass is 35.5. The fourth-order valence-electron chi connectivity index (χ4n) is 1.56. The molecule has 0 radical (unpaired) electrons. The zero-order chi connectivity index (χ0) is 13.1. The van der Waals surface area contributed by atoms with E-state index in [4.69, 9.17) is 16.3 Å². The first kappa shape index (κ1) is 12.8. The van der Waals surface area contributed by atoms with Crippen LogP contribution >= 0.6 is 11.6 Å². The van der Waals surface area contributed by atoms with E-state index < -0.39 is 0 Å². The number of ether oxygens (including phenoxy) is 1. The molecule has 0 fully saturated rings. The highest BCUT2D eigenvalue weighted by molar-refractivity contribution is 6.29. The third kappa shape index (κ3) is 2.99. The Morgan fingerprint density at radius 3 is 2.50 bits per heavy atom. The van der Waals surface area contributed by atoms with Crippen LogP contribution in [0.3, 0.4) is 0 Å². The number of halogens is 1. The van der Waals surface area contributed by atoms with E-state index in [0.717, 1.165) is 11.3 Å². The van der Waals surface area contributed by atoms with Crippen molar-refractivity contribution in [3.8, 4) is 11.6 Å². The molecule has 0 spiro atoms. The van der Waals surface area contributed by atoms with Crippen molar-refractivity contribution in [1.82, 2.24) is 10.2 Å². The molecule has 0 unspecified atom stereocenters. The average molecular weight is 263 g/mol. The summed E-state index contributed by atoms with van der Waals surface area (Å²) in [5, 5.41) is 7.99. The molecule has 3 nitrogen and oxygen atoms in total. The van der Waals surface area contributed by atoms with Crippen LogP contribution in [0.15, 0.2) is 30.3 Å². The van der Waals surface area contributed by atoms with Gasteiger partial charge in [0, 0.05) is 6.07 Å².